The number of hydrogen-bond donors (Lipinski definition) is 2. The Bertz CT molecular complexity index is 845. The van der Waals surface area contributed by atoms with Gasteiger partial charge in [-0.05, 0) is 35.7 Å². The summed E-state index contributed by atoms with van der Waals surface area (Å²) in [6.45, 7) is 0.445. The third-order valence-corrected chi connectivity index (χ3v) is 5.86. The zero-order valence-electron chi connectivity index (χ0n) is 14.6. The van der Waals surface area contributed by atoms with E-state index in [2.05, 4.69) is 10.0 Å². The van der Waals surface area contributed by atoms with E-state index >= 15 is 0 Å². The molecule has 1 aromatic heterocycles. The first kappa shape index (κ1) is 20.1. The van der Waals surface area contributed by atoms with Gasteiger partial charge in [0.15, 0.2) is 0 Å². The molecule has 0 aliphatic heterocycles. The second-order valence-corrected chi connectivity index (χ2v) is 8.52. The summed E-state index contributed by atoms with van der Waals surface area (Å²) in [4.78, 5) is 26.0. The molecule has 0 aliphatic carbocycles. The highest BCUT2D eigenvalue weighted by molar-refractivity contribution is 7.89. The fourth-order valence-electron chi connectivity index (χ4n) is 2.06. The Morgan fingerprint density at radius 1 is 1.12 bits per heavy atom. The molecule has 7 nitrogen and oxygen atoms in total. The molecule has 140 valence electrons. The van der Waals surface area contributed by atoms with Gasteiger partial charge in [-0.25, -0.2) is 13.1 Å². The van der Waals surface area contributed by atoms with Gasteiger partial charge < -0.3 is 10.2 Å². The standard InChI is InChI=1S/C17H21N3O4S2/c1-20(2)16(21)9-10-18-17(22)13-5-7-15(8-6-13)26(23,24)19-12-14-4-3-11-25-14/h3-8,11,19H,9-10,12H2,1-2H3,(H,18,22). The molecule has 0 bridgehead atoms. The van der Waals surface area contributed by atoms with E-state index in [9.17, 15) is 18.0 Å². The van der Waals surface area contributed by atoms with E-state index < -0.39 is 10.0 Å². The molecule has 2 aromatic rings. The quantitative estimate of drug-likeness (QED) is 0.707. The van der Waals surface area contributed by atoms with Crippen LogP contribution in [0.5, 0.6) is 0 Å². The summed E-state index contributed by atoms with van der Waals surface area (Å²) in [5.41, 5.74) is 0.333. The van der Waals surface area contributed by atoms with Crippen LogP contribution in [0.15, 0.2) is 46.7 Å². The topological polar surface area (TPSA) is 95.6 Å². The summed E-state index contributed by atoms with van der Waals surface area (Å²) in [7, 11) is -0.345. The van der Waals surface area contributed by atoms with E-state index in [1.165, 1.54) is 40.5 Å². The van der Waals surface area contributed by atoms with Gasteiger partial charge in [0.25, 0.3) is 5.91 Å². The normalized spacial score (nSPS) is 11.2. The van der Waals surface area contributed by atoms with Gasteiger partial charge in [-0.3, -0.25) is 9.59 Å². The van der Waals surface area contributed by atoms with E-state index in [1.54, 1.807) is 14.1 Å². The third-order valence-electron chi connectivity index (χ3n) is 3.57. The first-order valence-corrected chi connectivity index (χ1v) is 10.3. The van der Waals surface area contributed by atoms with E-state index in [0.717, 1.165) is 4.88 Å². The van der Waals surface area contributed by atoms with Gasteiger partial charge in [0.2, 0.25) is 15.9 Å². The van der Waals surface area contributed by atoms with Gasteiger partial charge in [-0.15, -0.1) is 11.3 Å². The lowest BCUT2D eigenvalue weighted by Gasteiger charge is -2.11. The Kier molecular flexibility index (Phi) is 6.90. The molecule has 1 aromatic carbocycles. The van der Waals surface area contributed by atoms with Crippen LogP contribution in [0.2, 0.25) is 0 Å². The monoisotopic (exact) mass is 395 g/mol. The summed E-state index contributed by atoms with van der Waals surface area (Å²) in [5.74, 6) is -0.435. The van der Waals surface area contributed by atoms with Crippen LogP contribution < -0.4 is 10.0 Å². The number of amides is 2. The van der Waals surface area contributed by atoms with Gasteiger partial charge in [0.05, 0.1) is 4.90 Å². The number of carbonyl (C=O) groups is 2. The fourth-order valence-corrected chi connectivity index (χ4v) is 3.80. The molecule has 26 heavy (non-hydrogen) atoms. The Hall–Kier alpha value is -2.23. The maximum Gasteiger partial charge on any atom is 0.251 e. The van der Waals surface area contributed by atoms with Crippen molar-refractivity contribution in [1.82, 2.24) is 14.9 Å². The van der Waals surface area contributed by atoms with Crippen molar-refractivity contribution in [3.05, 3.63) is 52.2 Å². The largest absolute Gasteiger partial charge is 0.352 e. The number of nitrogens with one attached hydrogen (secondary N) is 2. The summed E-state index contributed by atoms with van der Waals surface area (Å²) in [6.07, 6.45) is 0.206. The van der Waals surface area contributed by atoms with Crippen LogP contribution in [0, 0.1) is 0 Å². The zero-order chi connectivity index (χ0) is 19.2. The lowest BCUT2D eigenvalue weighted by molar-refractivity contribution is -0.128. The van der Waals surface area contributed by atoms with E-state index in [-0.39, 0.29) is 36.2 Å². The first-order valence-electron chi connectivity index (χ1n) is 7.90. The maximum absolute atomic E-state index is 12.3. The molecule has 0 saturated carbocycles. The van der Waals surface area contributed by atoms with Crippen LogP contribution >= 0.6 is 11.3 Å². The minimum absolute atomic E-state index is 0.0800. The smallest absolute Gasteiger partial charge is 0.251 e. The molecule has 0 unspecified atom stereocenters. The molecule has 2 amide bonds. The maximum atomic E-state index is 12.3. The van der Waals surface area contributed by atoms with Gasteiger partial charge in [-0.2, -0.15) is 0 Å². The van der Waals surface area contributed by atoms with Gasteiger partial charge >= 0.3 is 0 Å². The number of hydrogen-bond acceptors (Lipinski definition) is 5. The molecule has 1 heterocycles. The first-order chi connectivity index (χ1) is 12.3. The zero-order valence-corrected chi connectivity index (χ0v) is 16.2. The number of nitrogens with zero attached hydrogens (tertiary/aromatic N) is 1. The van der Waals surface area contributed by atoms with Crippen LogP contribution in [0.1, 0.15) is 21.7 Å². The highest BCUT2D eigenvalue weighted by Crippen LogP contribution is 2.13. The second kappa shape index (κ2) is 8.93. The second-order valence-electron chi connectivity index (χ2n) is 5.72. The van der Waals surface area contributed by atoms with Crippen molar-refractivity contribution < 1.29 is 18.0 Å². The number of rotatable bonds is 8. The molecule has 0 fully saturated rings. The Morgan fingerprint density at radius 2 is 1.81 bits per heavy atom. The Labute approximate surface area is 157 Å². The Balaban J connectivity index is 1.92. The van der Waals surface area contributed by atoms with Crippen molar-refractivity contribution in [1.29, 1.82) is 0 Å². The highest BCUT2D eigenvalue weighted by Gasteiger charge is 2.15. The molecule has 0 atom stereocenters. The summed E-state index contributed by atoms with van der Waals surface area (Å²) >= 11 is 1.47. The average Bonchev–Trinajstić information content (AvgIpc) is 3.13. The van der Waals surface area contributed by atoms with Crippen molar-refractivity contribution in [3.63, 3.8) is 0 Å². The molecule has 2 rings (SSSR count). The lowest BCUT2D eigenvalue weighted by Crippen LogP contribution is -2.30. The van der Waals surface area contributed by atoms with Crippen LogP contribution in [0.3, 0.4) is 0 Å². The van der Waals surface area contributed by atoms with Gasteiger partial charge in [-0.1, -0.05) is 6.07 Å². The van der Waals surface area contributed by atoms with E-state index in [1.807, 2.05) is 17.5 Å². The van der Waals surface area contributed by atoms with Crippen LogP contribution in [-0.4, -0.2) is 45.8 Å². The number of sulfonamides is 1. The molecule has 2 N–H and O–H groups in total. The molecule has 0 saturated heterocycles. The summed E-state index contributed by atoms with van der Waals surface area (Å²) in [6, 6.07) is 9.37. The molecule has 0 spiro atoms. The van der Waals surface area contributed by atoms with Crippen molar-refractivity contribution in [2.24, 2.45) is 0 Å². The van der Waals surface area contributed by atoms with Crippen molar-refractivity contribution in [2.45, 2.75) is 17.9 Å². The molecule has 0 radical (unpaired) electrons. The number of thiophene rings is 1. The minimum Gasteiger partial charge on any atom is -0.352 e. The average molecular weight is 396 g/mol. The van der Waals surface area contributed by atoms with Crippen LogP contribution in [0.25, 0.3) is 0 Å². The Morgan fingerprint density at radius 3 is 2.38 bits per heavy atom. The SMILES string of the molecule is CN(C)C(=O)CCNC(=O)c1ccc(S(=O)(=O)NCc2cccs2)cc1. The summed E-state index contributed by atoms with van der Waals surface area (Å²) < 4.78 is 27.1. The third kappa shape index (κ3) is 5.65. The predicted octanol–water partition coefficient (Wildman–Crippen LogP) is 1.43. The predicted molar refractivity (Wildman–Crippen MR) is 100 cm³/mol. The lowest BCUT2D eigenvalue weighted by atomic mass is 10.2. The molecular formula is C17H21N3O4S2. The number of carbonyl (C=O) groups excluding carboxylic acids is 2. The molecule has 9 heteroatoms. The van der Waals surface area contributed by atoms with Gasteiger partial charge in [0, 0.05) is 44.0 Å². The molecule has 0 aliphatic rings. The highest BCUT2D eigenvalue weighted by atomic mass is 32.2. The number of benzene rings is 1. The fraction of sp³-hybridized carbons (Fsp3) is 0.294. The molecular weight excluding hydrogens is 374 g/mol. The minimum atomic E-state index is -3.64. The van der Waals surface area contributed by atoms with Crippen LogP contribution in [0.4, 0.5) is 0 Å². The van der Waals surface area contributed by atoms with Crippen molar-refractivity contribution >= 4 is 33.2 Å². The summed E-state index contributed by atoms with van der Waals surface area (Å²) in [5, 5.41) is 4.51. The van der Waals surface area contributed by atoms with Crippen molar-refractivity contribution in [2.75, 3.05) is 20.6 Å². The van der Waals surface area contributed by atoms with Crippen LogP contribution in [-0.2, 0) is 21.4 Å². The van der Waals surface area contributed by atoms with E-state index in [4.69, 9.17) is 0 Å². The van der Waals surface area contributed by atoms with E-state index in [0.29, 0.717) is 5.56 Å². The van der Waals surface area contributed by atoms with Gasteiger partial charge in [0.1, 0.15) is 0 Å². The van der Waals surface area contributed by atoms with Crippen molar-refractivity contribution in [3.8, 4) is 0 Å².